The molecule has 0 radical (unpaired) electrons. The number of hydrogen-bond acceptors (Lipinski definition) is 7. The maximum Gasteiger partial charge on any atom is 0.433 e. The van der Waals surface area contributed by atoms with Gasteiger partial charge in [-0.1, -0.05) is 0 Å². The molecule has 0 saturated carbocycles. The normalized spacial score (nSPS) is 10.8. The number of nitrogens with one attached hydrogen (secondary N) is 1. The molecular formula is C11H11N5O5. The Labute approximate surface area is 118 Å². The Hall–Kier alpha value is -3.17. The number of rotatable bonds is 4. The van der Waals surface area contributed by atoms with Crippen molar-refractivity contribution in [2.75, 3.05) is 7.11 Å². The number of aromatic nitrogens is 2. The molecular weight excluding hydrogens is 282 g/mol. The lowest BCUT2D eigenvalue weighted by molar-refractivity contribution is -0.401. The van der Waals surface area contributed by atoms with Gasteiger partial charge in [-0.3, -0.25) is 14.8 Å². The molecule has 0 aliphatic heterocycles. The molecule has 0 aliphatic carbocycles. The molecule has 0 atom stereocenters. The molecule has 0 unspecified atom stereocenters. The highest BCUT2D eigenvalue weighted by molar-refractivity contribution is 5.88. The number of aryl methyl sites for hydroxylation is 1. The Balaban J connectivity index is 2.27. The molecule has 0 aliphatic rings. The van der Waals surface area contributed by atoms with Crippen LogP contribution in [0.4, 0.5) is 10.7 Å². The van der Waals surface area contributed by atoms with E-state index in [-0.39, 0.29) is 11.6 Å². The van der Waals surface area contributed by atoms with E-state index in [0.717, 1.165) is 0 Å². The Morgan fingerprint density at radius 2 is 2.38 bits per heavy atom. The zero-order valence-corrected chi connectivity index (χ0v) is 11.1. The van der Waals surface area contributed by atoms with Gasteiger partial charge in [0.15, 0.2) is 5.76 Å². The number of nitrogens with zero attached hydrogens (tertiary/aromatic N) is 4. The van der Waals surface area contributed by atoms with Gasteiger partial charge in [-0.05, 0) is 6.07 Å². The maximum atomic E-state index is 10.9. The van der Waals surface area contributed by atoms with Crippen LogP contribution in [0.15, 0.2) is 27.8 Å². The lowest BCUT2D eigenvalue weighted by Gasteiger charge is -1.95. The van der Waals surface area contributed by atoms with Gasteiger partial charge in [-0.2, -0.15) is 10.2 Å². The molecule has 10 nitrogen and oxygen atoms in total. The highest BCUT2D eigenvalue weighted by Crippen LogP contribution is 2.26. The van der Waals surface area contributed by atoms with Gasteiger partial charge in [-0.25, -0.2) is 10.2 Å². The summed E-state index contributed by atoms with van der Waals surface area (Å²) < 4.78 is 10.9. The molecule has 0 spiro atoms. The van der Waals surface area contributed by atoms with E-state index in [4.69, 9.17) is 4.42 Å². The summed E-state index contributed by atoms with van der Waals surface area (Å²) in [6.45, 7) is 0. The highest BCUT2D eigenvalue weighted by Gasteiger charge is 2.17. The van der Waals surface area contributed by atoms with E-state index in [0.29, 0.717) is 11.3 Å². The maximum absolute atomic E-state index is 10.9. The van der Waals surface area contributed by atoms with Gasteiger partial charge >= 0.3 is 12.0 Å². The number of hydrazone groups is 1. The summed E-state index contributed by atoms with van der Waals surface area (Å²) in [5.41, 5.74) is 3.00. The number of carbonyl (C=O) groups excluding carboxylic acids is 1. The van der Waals surface area contributed by atoms with E-state index < -0.39 is 11.0 Å². The first-order valence-corrected chi connectivity index (χ1v) is 5.66. The quantitative estimate of drug-likeness (QED) is 0.514. The number of methoxy groups -OCH3 is 1. The van der Waals surface area contributed by atoms with Gasteiger partial charge < -0.3 is 9.15 Å². The number of nitro groups is 1. The van der Waals surface area contributed by atoms with Gasteiger partial charge in [0.2, 0.25) is 0 Å². The summed E-state index contributed by atoms with van der Waals surface area (Å²) in [7, 11) is 2.88. The van der Waals surface area contributed by atoms with Crippen molar-refractivity contribution in [1.82, 2.24) is 15.2 Å². The summed E-state index contributed by atoms with van der Waals surface area (Å²) in [5.74, 6) is -0.159. The molecule has 2 aromatic heterocycles. The van der Waals surface area contributed by atoms with Gasteiger partial charge in [0.05, 0.1) is 19.4 Å². The number of hydrogen-bond donors (Lipinski definition) is 1. The van der Waals surface area contributed by atoms with Crippen LogP contribution >= 0.6 is 0 Å². The van der Waals surface area contributed by atoms with Crippen LogP contribution < -0.4 is 5.43 Å². The zero-order chi connectivity index (χ0) is 15.4. The topological polar surface area (TPSA) is 125 Å². The van der Waals surface area contributed by atoms with Crippen molar-refractivity contribution in [3.8, 4) is 11.5 Å². The molecule has 2 rings (SSSR count). The van der Waals surface area contributed by atoms with E-state index in [9.17, 15) is 14.9 Å². The van der Waals surface area contributed by atoms with Crippen molar-refractivity contribution >= 4 is 18.2 Å². The van der Waals surface area contributed by atoms with Crippen molar-refractivity contribution < 1.29 is 18.9 Å². The Kier molecular flexibility index (Phi) is 3.97. The second-order valence-electron chi connectivity index (χ2n) is 3.86. The van der Waals surface area contributed by atoms with Gasteiger partial charge in [-0.15, -0.1) is 0 Å². The average molecular weight is 293 g/mol. The molecule has 2 heterocycles. The molecule has 10 heteroatoms. The van der Waals surface area contributed by atoms with Crippen LogP contribution in [0.25, 0.3) is 11.5 Å². The minimum absolute atomic E-state index is 0.224. The number of carbonyl (C=O) groups is 1. The molecule has 0 bridgehead atoms. The van der Waals surface area contributed by atoms with E-state index in [2.05, 4.69) is 20.4 Å². The van der Waals surface area contributed by atoms with Crippen molar-refractivity contribution in [1.29, 1.82) is 0 Å². The minimum atomic E-state index is -0.717. The molecule has 0 saturated heterocycles. The van der Waals surface area contributed by atoms with Crippen LogP contribution in [-0.2, 0) is 11.8 Å². The fourth-order valence-electron chi connectivity index (χ4n) is 1.55. The van der Waals surface area contributed by atoms with E-state index >= 15 is 0 Å². The summed E-state index contributed by atoms with van der Waals surface area (Å²) in [5, 5.41) is 18.4. The Morgan fingerprint density at radius 3 is 3.00 bits per heavy atom. The summed E-state index contributed by atoms with van der Waals surface area (Å²) in [6.07, 6.45) is 2.23. The van der Waals surface area contributed by atoms with Gasteiger partial charge in [0.25, 0.3) is 0 Å². The fourth-order valence-corrected chi connectivity index (χ4v) is 1.55. The van der Waals surface area contributed by atoms with Gasteiger partial charge in [0, 0.05) is 18.8 Å². The first kappa shape index (κ1) is 14.2. The molecule has 110 valence electrons. The molecule has 1 N–H and O–H groups in total. The number of furan rings is 1. The van der Waals surface area contributed by atoms with Crippen molar-refractivity contribution in [3.63, 3.8) is 0 Å². The zero-order valence-electron chi connectivity index (χ0n) is 11.1. The third-order valence-corrected chi connectivity index (χ3v) is 2.41. The predicted molar refractivity (Wildman–Crippen MR) is 70.7 cm³/mol. The van der Waals surface area contributed by atoms with Crippen molar-refractivity contribution in [2.45, 2.75) is 0 Å². The van der Waals surface area contributed by atoms with E-state index in [1.165, 1.54) is 30.1 Å². The van der Waals surface area contributed by atoms with E-state index in [1.54, 1.807) is 13.2 Å². The van der Waals surface area contributed by atoms with E-state index in [1.807, 2.05) is 0 Å². The first-order chi connectivity index (χ1) is 10.0. The SMILES string of the molecule is COC(=O)N/N=C/c1cn(C)nc1-c1ccc([N+](=O)[O-])o1. The van der Waals surface area contributed by atoms with Crippen LogP contribution in [0, 0.1) is 10.1 Å². The summed E-state index contributed by atoms with van der Waals surface area (Å²) in [6, 6.07) is 2.67. The summed E-state index contributed by atoms with van der Waals surface area (Å²) in [4.78, 5) is 20.9. The highest BCUT2D eigenvalue weighted by atomic mass is 16.6. The van der Waals surface area contributed by atoms with Crippen LogP contribution in [0.3, 0.4) is 0 Å². The Morgan fingerprint density at radius 1 is 1.62 bits per heavy atom. The lowest BCUT2D eigenvalue weighted by Crippen LogP contribution is -2.16. The largest absolute Gasteiger partial charge is 0.452 e. The monoisotopic (exact) mass is 293 g/mol. The third-order valence-electron chi connectivity index (χ3n) is 2.41. The fraction of sp³-hybridized carbons (Fsp3) is 0.182. The van der Waals surface area contributed by atoms with Crippen LogP contribution in [0.1, 0.15) is 5.56 Å². The Bertz CT molecular complexity index is 702. The number of ether oxygens (including phenoxy) is 1. The number of amides is 1. The average Bonchev–Trinajstić information content (AvgIpc) is 3.05. The van der Waals surface area contributed by atoms with Crippen molar-refractivity contribution in [3.05, 3.63) is 34.0 Å². The predicted octanol–water partition coefficient (Wildman–Crippen LogP) is 1.28. The third kappa shape index (κ3) is 3.23. The van der Waals surface area contributed by atoms with Crippen molar-refractivity contribution in [2.24, 2.45) is 12.1 Å². The molecule has 0 aromatic carbocycles. The summed E-state index contributed by atoms with van der Waals surface area (Å²) >= 11 is 0. The molecule has 21 heavy (non-hydrogen) atoms. The van der Waals surface area contributed by atoms with Crippen LogP contribution in [0.2, 0.25) is 0 Å². The van der Waals surface area contributed by atoms with Gasteiger partial charge in [0.1, 0.15) is 10.6 Å². The molecule has 2 aromatic rings. The smallest absolute Gasteiger partial charge is 0.433 e. The lowest BCUT2D eigenvalue weighted by atomic mass is 10.2. The second kappa shape index (κ2) is 5.86. The van der Waals surface area contributed by atoms with Crippen LogP contribution in [-0.4, -0.2) is 34.1 Å². The van der Waals surface area contributed by atoms with Crippen LogP contribution in [0.5, 0.6) is 0 Å². The minimum Gasteiger partial charge on any atom is -0.452 e. The second-order valence-corrected chi connectivity index (χ2v) is 3.86. The molecule has 1 amide bonds. The standard InChI is InChI=1S/C11H11N5O5/c1-15-6-7(5-12-13-11(17)20-2)10(14-15)8-3-4-9(21-8)16(18)19/h3-6H,1-2H3,(H,13,17)/b12-5+. The molecule has 0 fully saturated rings. The first-order valence-electron chi connectivity index (χ1n) is 5.66.